The summed E-state index contributed by atoms with van der Waals surface area (Å²) in [5.74, 6) is 1.52. The molecule has 0 fully saturated rings. The molecule has 3 heterocycles. The monoisotopic (exact) mass is 271 g/mol. The molecule has 0 spiro atoms. The normalized spacial score (nSPS) is 10.6. The smallest absolute Gasteiger partial charge is 0.236 e. The van der Waals surface area contributed by atoms with Gasteiger partial charge in [0.1, 0.15) is 12.1 Å². The maximum absolute atomic E-state index is 5.46. The van der Waals surface area contributed by atoms with Crippen LogP contribution in [0.2, 0.25) is 0 Å². The quantitative estimate of drug-likeness (QED) is 0.785. The van der Waals surface area contributed by atoms with Gasteiger partial charge in [-0.2, -0.15) is 0 Å². The van der Waals surface area contributed by atoms with Gasteiger partial charge in [-0.05, 0) is 30.5 Å². The Bertz CT molecular complexity index is 661. The Morgan fingerprint density at radius 1 is 1.21 bits per heavy atom. The largest absolute Gasteiger partial charge is 0.443 e. The molecule has 0 atom stereocenters. The minimum atomic E-state index is 0.603. The number of pyridine rings is 1. The van der Waals surface area contributed by atoms with E-state index >= 15 is 0 Å². The van der Waals surface area contributed by atoms with Crippen LogP contribution >= 0.6 is 11.3 Å². The van der Waals surface area contributed by atoms with Gasteiger partial charge < -0.3 is 9.73 Å². The predicted octanol–water partition coefficient (Wildman–Crippen LogP) is 3.72. The molecule has 96 valence electrons. The van der Waals surface area contributed by atoms with Gasteiger partial charge >= 0.3 is 0 Å². The second-order valence-electron chi connectivity index (χ2n) is 4.14. The molecule has 0 aromatic carbocycles. The van der Waals surface area contributed by atoms with Gasteiger partial charge in [0.25, 0.3) is 0 Å². The van der Waals surface area contributed by atoms with E-state index in [0.29, 0.717) is 12.4 Å². The molecule has 1 N–H and O–H groups in total. The Kier molecular flexibility index (Phi) is 3.29. The maximum Gasteiger partial charge on any atom is 0.236 e. The Morgan fingerprint density at radius 2 is 2.16 bits per heavy atom. The lowest BCUT2D eigenvalue weighted by molar-refractivity contribution is 0.574. The van der Waals surface area contributed by atoms with Crippen molar-refractivity contribution in [3.8, 4) is 10.8 Å². The molecule has 4 nitrogen and oxygen atoms in total. The summed E-state index contributed by atoms with van der Waals surface area (Å²) < 4.78 is 5.46. The summed E-state index contributed by atoms with van der Waals surface area (Å²) in [4.78, 5) is 9.86. The first kappa shape index (κ1) is 11.9. The number of aryl methyl sites for hydroxylation is 1. The number of thiophene rings is 1. The summed E-state index contributed by atoms with van der Waals surface area (Å²) in [7, 11) is 0. The SMILES string of the molecule is Cc1cccc(NCc2coc(-c3cccs3)n2)n1. The van der Waals surface area contributed by atoms with Crippen molar-refractivity contribution in [2.45, 2.75) is 13.5 Å². The van der Waals surface area contributed by atoms with Gasteiger partial charge in [0.05, 0.1) is 17.1 Å². The van der Waals surface area contributed by atoms with Gasteiger partial charge in [-0.25, -0.2) is 9.97 Å². The summed E-state index contributed by atoms with van der Waals surface area (Å²) in [6, 6.07) is 9.86. The van der Waals surface area contributed by atoms with E-state index in [2.05, 4.69) is 15.3 Å². The van der Waals surface area contributed by atoms with Crippen molar-refractivity contribution in [3.05, 3.63) is 53.4 Å². The number of aromatic nitrogens is 2. The molecule has 3 aromatic heterocycles. The van der Waals surface area contributed by atoms with Gasteiger partial charge in [-0.15, -0.1) is 11.3 Å². The molecule has 0 saturated carbocycles. The number of anilines is 1. The fraction of sp³-hybridized carbons (Fsp3) is 0.143. The van der Waals surface area contributed by atoms with E-state index in [1.165, 1.54) is 0 Å². The van der Waals surface area contributed by atoms with Crippen LogP contribution in [0.5, 0.6) is 0 Å². The van der Waals surface area contributed by atoms with E-state index in [1.807, 2.05) is 42.6 Å². The first-order valence-corrected chi connectivity index (χ1v) is 6.85. The predicted molar refractivity (Wildman–Crippen MR) is 76.1 cm³/mol. The third kappa shape index (κ3) is 2.82. The van der Waals surface area contributed by atoms with Gasteiger partial charge in [0, 0.05) is 5.69 Å². The van der Waals surface area contributed by atoms with E-state index in [9.17, 15) is 0 Å². The summed E-state index contributed by atoms with van der Waals surface area (Å²) in [5, 5.41) is 5.24. The zero-order valence-electron chi connectivity index (χ0n) is 10.5. The average molecular weight is 271 g/mol. The van der Waals surface area contributed by atoms with Crippen LogP contribution < -0.4 is 5.32 Å². The van der Waals surface area contributed by atoms with E-state index in [4.69, 9.17) is 4.42 Å². The number of hydrogen-bond donors (Lipinski definition) is 1. The lowest BCUT2D eigenvalue weighted by Gasteiger charge is -2.03. The van der Waals surface area contributed by atoms with Crippen LogP contribution in [0.25, 0.3) is 10.8 Å². The number of rotatable bonds is 4. The summed E-state index contributed by atoms with van der Waals surface area (Å²) in [5.41, 5.74) is 1.86. The van der Waals surface area contributed by atoms with E-state index in [-0.39, 0.29) is 0 Å². The molecule has 0 aliphatic heterocycles. The molecule has 5 heteroatoms. The molecule has 0 amide bonds. The molecular formula is C14H13N3OS. The van der Waals surface area contributed by atoms with Crippen molar-refractivity contribution >= 4 is 17.2 Å². The maximum atomic E-state index is 5.46. The fourth-order valence-electron chi connectivity index (χ4n) is 1.72. The van der Waals surface area contributed by atoms with Crippen molar-refractivity contribution in [1.82, 2.24) is 9.97 Å². The van der Waals surface area contributed by atoms with Crippen LogP contribution in [0.4, 0.5) is 5.82 Å². The molecule has 0 aliphatic carbocycles. The van der Waals surface area contributed by atoms with Crippen molar-refractivity contribution in [2.75, 3.05) is 5.32 Å². The fourth-order valence-corrected chi connectivity index (χ4v) is 2.38. The lowest BCUT2D eigenvalue weighted by Crippen LogP contribution is -2.01. The molecule has 3 rings (SSSR count). The minimum absolute atomic E-state index is 0.603. The Morgan fingerprint density at radius 3 is 2.95 bits per heavy atom. The second kappa shape index (κ2) is 5.24. The molecule has 19 heavy (non-hydrogen) atoms. The van der Waals surface area contributed by atoms with Gasteiger partial charge in [0.15, 0.2) is 0 Å². The number of nitrogens with one attached hydrogen (secondary N) is 1. The third-order valence-electron chi connectivity index (χ3n) is 2.62. The Balaban J connectivity index is 1.68. The van der Waals surface area contributed by atoms with Crippen molar-refractivity contribution in [3.63, 3.8) is 0 Å². The highest BCUT2D eigenvalue weighted by molar-refractivity contribution is 7.13. The van der Waals surface area contributed by atoms with Gasteiger partial charge in [-0.1, -0.05) is 12.1 Å². The highest BCUT2D eigenvalue weighted by atomic mass is 32.1. The standard InChI is InChI=1S/C14H13N3OS/c1-10-4-2-6-13(16-10)15-8-11-9-18-14(17-11)12-5-3-7-19-12/h2-7,9H,8H2,1H3,(H,15,16). The Labute approximate surface area is 115 Å². The number of nitrogens with zero attached hydrogens (tertiary/aromatic N) is 2. The summed E-state index contributed by atoms with van der Waals surface area (Å²) in [6.45, 7) is 2.57. The number of oxazole rings is 1. The topological polar surface area (TPSA) is 51.0 Å². The summed E-state index contributed by atoms with van der Waals surface area (Å²) >= 11 is 1.62. The molecule has 0 unspecified atom stereocenters. The molecule has 0 radical (unpaired) electrons. The average Bonchev–Trinajstić information content (AvgIpc) is 3.07. The van der Waals surface area contributed by atoms with Crippen molar-refractivity contribution in [1.29, 1.82) is 0 Å². The molecule has 3 aromatic rings. The number of hydrogen-bond acceptors (Lipinski definition) is 5. The Hall–Kier alpha value is -2.14. The first-order valence-electron chi connectivity index (χ1n) is 5.97. The van der Waals surface area contributed by atoms with Crippen molar-refractivity contribution in [2.24, 2.45) is 0 Å². The third-order valence-corrected chi connectivity index (χ3v) is 3.48. The summed E-state index contributed by atoms with van der Waals surface area (Å²) in [6.07, 6.45) is 1.68. The second-order valence-corrected chi connectivity index (χ2v) is 5.09. The first-order chi connectivity index (χ1) is 9.31. The van der Waals surface area contributed by atoms with Crippen LogP contribution in [0.1, 0.15) is 11.4 Å². The molecule has 0 aliphatic rings. The van der Waals surface area contributed by atoms with E-state index in [0.717, 1.165) is 22.1 Å². The molecule has 0 saturated heterocycles. The van der Waals surface area contributed by atoms with Crippen molar-refractivity contribution < 1.29 is 4.42 Å². The lowest BCUT2D eigenvalue weighted by atomic mass is 10.3. The zero-order chi connectivity index (χ0) is 13.1. The minimum Gasteiger partial charge on any atom is -0.443 e. The molecule has 0 bridgehead atoms. The van der Waals surface area contributed by atoms with Gasteiger partial charge in [-0.3, -0.25) is 0 Å². The van der Waals surface area contributed by atoms with E-state index in [1.54, 1.807) is 17.6 Å². The van der Waals surface area contributed by atoms with E-state index < -0.39 is 0 Å². The van der Waals surface area contributed by atoms with Crippen LogP contribution in [0.15, 0.2) is 46.4 Å². The van der Waals surface area contributed by atoms with Crippen LogP contribution in [-0.4, -0.2) is 9.97 Å². The zero-order valence-corrected chi connectivity index (χ0v) is 11.3. The molecular weight excluding hydrogens is 258 g/mol. The van der Waals surface area contributed by atoms with Crippen LogP contribution in [-0.2, 0) is 6.54 Å². The van der Waals surface area contributed by atoms with Gasteiger partial charge in [0.2, 0.25) is 5.89 Å². The highest BCUT2D eigenvalue weighted by Gasteiger charge is 2.07. The van der Waals surface area contributed by atoms with Crippen LogP contribution in [0, 0.1) is 6.92 Å². The highest BCUT2D eigenvalue weighted by Crippen LogP contribution is 2.23. The van der Waals surface area contributed by atoms with Crippen LogP contribution in [0.3, 0.4) is 0 Å².